The second kappa shape index (κ2) is 8.33. The number of nitrogens with one attached hydrogen (secondary N) is 1. The Morgan fingerprint density at radius 1 is 1.28 bits per heavy atom. The van der Waals surface area contributed by atoms with E-state index in [0.717, 1.165) is 40.9 Å². The summed E-state index contributed by atoms with van der Waals surface area (Å²) in [6, 6.07) is 13.4. The fourth-order valence-corrected chi connectivity index (χ4v) is 4.06. The molecule has 150 valence electrons. The normalized spacial score (nSPS) is 19.8. The van der Waals surface area contributed by atoms with Crippen LogP contribution in [0.3, 0.4) is 0 Å². The van der Waals surface area contributed by atoms with Gasteiger partial charge in [0.2, 0.25) is 0 Å². The van der Waals surface area contributed by atoms with E-state index in [1.807, 2.05) is 49.7 Å². The minimum atomic E-state index is -0.192. The molecule has 29 heavy (non-hydrogen) atoms. The fraction of sp³-hybridized carbons (Fsp3) is 0.304. The molecule has 0 bridgehead atoms. The quantitative estimate of drug-likeness (QED) is 0.733. The number of benzene rings is 2. The van der Waals surface area contributed by atoms with Gasteiger partial charge >= 0.3 is 0 Å². The van der Waals surface area contributed by atoms with Crippen molar-refractivity contribution in [2.45, 2.75) is 17.7 Å². The van der Waals surface area contributed by atoms with Crippen LogP contribution in [0.1, 0.15) is 28.8 Å². The minimum absolute atomic E-state index is 0.192. The number of methoxy groups -OCH3 is 1. The molecule has 1 N–H and O–H groups in total. The zero-order valence-electron chi connectivity index (χ0n) is 16.9. The maximum absolute atomic E-state index is 12.8. The summed E-state index contributed by atoms with van der Waals surface area (Å²) >= 11 is 1.61. The van der Waals surface area contributed by atoms with Crippen LogP contribution in [-0.4, -0.2) is 43.6 Å². The van der Waals surface area contributed by atoms with E-state index < -0.39 is 0 Å². The molecular formula is C23H25N3O2S. The summed E-state index contributed by atoms with van der Waals surface area (Å²) in [5, 5.41) is 3.00. The lowest BCUT2D eigenvalue weighted by Crippen LogP contribution is -2.24. The van der Waals surface area contributed by atoms with Crippen molar-refractivity contribution in [3.8, 4) is 5.75 Å². The maximum atomic E-state index is 12.8. The maximum Gasteiger partial charge on any atom is 0.259 e. The Kier molecular flexibility index (Phi) is 5.62. The summed E-state index contributed by atoms with van der Waals surface area (Å²) < 4.78 is 5.41. The van der Waals surface area contributed by atoms with Gasteiger partial charge in [0.15, 0.2) is 0 Å². The third kappa shape index (κ3) is 4.32. The van der Waals surface area contributed by atoms with Crippen molar-refractivity contribution in [1.29, 1.82) is 0 Å². The molecule has 1 aliphatic heterocycles. The number of thioether (sulfide) groups is 1. The summed E-state index contributed by atoms with van der Waals surface area (Å²) in [5.41, 5.74) is 3.75. The summed E-state index contributed by atoms with van der Waals surface area (Å²) in [5.74, 6) is 2.03. The summed E-state index contributed by atoms with van der Waals surface area (Å²) in [7, 11) is 3.62. The van der Waals surface area contributed by atoms with E-state index in [2.05, 4.69) is 16.4 Å². The van der Waals surface area contributed by atoms with E-state index in [1.165, 1.54) is 12.0 Å². The van der Waals surface area contributed by atoms with Crippen LogP contribution in [0.15, 0.2) is 64.1 Å². The van der Waals surface area contributed by atoms with E-state index >= 15 is 0 Å². The van der Waals surface area contributed by atoms with Crippen molar-refractivity contribution in [1.82, 2.24) is 4.90 Å². The number of anilines is 1. The van der Waals surface area contributed by atoms with Crippen LogP contribution in [0.5, 0.6) is 5.75 Å². The van der Waals surface area contributed by atoms with Crippen molar-refractivity contribution in [2.24, 2.45) is 10.9 Å². The first-order valence-corrected chi connectivity index (χ1v) is 10.9. The number of amidine groups is 1. The standard InChI is InChI=1S/C23H25N3O2S/c1-26-14-17-11-15(17)9-10-24-22(26)16-5-4-6-18(12-16)25-23(27)20-8-7-19(29-3)13-21(20)28-2/h4-8,12-15H,9-11H2,1-3H3,(H,25,27)/b17-14+,24-22?. The average molecular weight is 408 g/mol. The molecule has 1 atom stereocenters. The lowest BCUT2D eigenvalue weighted by Gasteiger charge is -2.19. The zero-order valence-corrected chi connectivity index (χ0v) is 17.8. The van der Waals surface area contributed by atoms with Crippen molar-refractivity contribution in [2.75, 3.05) is 32.3 Å². The largest absolute Gasteiger partial charge is 0.496 e. The molecule has 4 rings (SSSR count). The Morgan fingerprint density at radius 3 is 2.93 bits per heavy atom. The number of allylic oxidation sites excluding steroid dienone is 1. The number of nitrogens with zero attached hydrogens (tertiary/aromatic N) is 2. The topological polar surface area (TPSA) is 53.9 Å². The van der Waals surface area contributed by atoms with Crippen molar-refractivity contribution >= 4 is 29.2 Å². The summed E-state index contributed by atoms with van der Waals surface area (Å²) in [6.45, 7) is 0.831. The van der Waals surface area contributed by atoms with Gasteiger partial charge in [0.05, 0.1) is 12.7 Å². The molecule has 2 aromatic rings. The molecule has 2 aliphatic rings. The van der Waals surface area contributed by atoms with Crippen molar-refractivity contribution in [3.05, 3.63) is 65.4 Å². The van der Waals surface area contributed by atoms with Crippen LogP contribution in [0.2, 0.25) is 0 Å². The highest BCUT2D eigenvalue weighted by Gasteiger charge is 2.31. The predicted molar refractivity (Wildman–Crippen MR) is 119 cm³/mol. The first kappa shape index (κ1) is 19.6. The van der Waals surface area contributed by atoms with Crippen LogP contribution in [0, 0.1) is 5.92 Å². The van der Waals surface area contributed by atoms with Gasteiger partial charge in [0, 0.05) is 35.9 Å². The summed E-state index contributed by atoms with van der Waals surface area (Å²) in [4.78, 5) is 20.8. The first-order chi connectivity index (χ1) is 14.1. The number of amides is 1. The number of hydrogen-bond acceptors (Lipinski definition) is 5. The van der Waals surface area contributed by atoms with Gasteiger partial charge in [-0.3, -0.25) is 9.79 Å². The van der Waals surface area contributed by atoms with E-state index in [9.17, 15) is 4.79 Å². The van der Waals surface area contributed by atoms with Gasteiger partial charge < -0.3 is 15.0 Å². The number of fused-ring (bicyclic) bond motifs is 1. The Hall–Kier alpha value is -2.73. The van der Waals surface area contributed by atoms with Crippen LogP contribution in [-0.2, 0) is 0 Å². The number of carbonyl (C=O) groups excluding carboxylic acids is 1. The molecule has 5 nitrogen and oxygen atoms in total. The van der Waals surface area contributed by atoms with Crippen LogP contribution in [0.25, 0.3) is 0 Å². The van der Waals surface area contributed by atoms with E-state index in [1.54, 1.807) is 24.9 Å². The average Bonchev–Trinajstić information content (AvgIpc) is 3.45. The highest BCUT2D eigenvalue weighted by molar-refractivity contribution is 7.98. The minimum Gasteiger partial charge on any atom is -0.496 e. The van der Waals surface area contributed by atoms with Gasteiger partial charge in [-0.1, -0.05) is 12.1 Å². The Labute approximate surface area is 175 Å². The third-order valence-electron chi connectivity index (χ3n) is 5.31. The van der Waals surface area contributed by atoms with Gasteiger partial charge in [-0.05, 0) is 60.9 Å². The lowest BCUT2D eigenvalue weighted by molar-refractivity contribution is 0.102. The highest BCUT2D eigenvalue weighted by atomic mass is 32.2. The molecule has 0 spiro atoms. The smallest absolute Gasteiger partial charge is 0.259 e. The molecule has 1 saturated carbocycles. The predicted octanol–water partition coefficient (Wildman–Crippen LogP) is 4.66. The molecule has 1 aliphatic carbocycles. The second-order valence-electron chi connectivity index (χ2n) is 7.31. The number of hydrogen-bond donors (Lipinski definition) is 1. The highest BCUT2D eigenvalue weighted by Crippen LogP contribution is 2.41. The van der Waals surface area contributed by atoms with Gasteiger partial charge in [-0.15, -0.1) is 11.8 Å². The van der Waals surface area contributed by atoms with Gasteiger partial charge in [-0.25, -0.2) is 0 Å². The third-order valence-corrected chi connectivity index (χ3v) is 6.04. The summed E-state index contributed by atoms with van der Waals surface area (Å²) in [6.07, 6.45) is 6.51. The molecule has 1 unspecified atom stereocenters. The van der Waals surface area contributed by atoms with E-state index in [4.69, 9.17) is 9.73 Å². The SMILES string of the molecule is COc1cc(SC)ccc1C(=O)Nc1cccc(C2=NCCC3C/C3=C\N2C)c1. The molecule has 2 aromatic carbocycles. The van der Waals surface area contributed by atoms with Crippen LogP contribution >= 0.6 is 11.8 Å². The Balaban J connectivity index is 1.56. The monoisotopic (exact) mass is 407 g/mol. The molecule has 0 saturated heterocycles. The molecule has 0 radical (unpaired) electrons. The molecule has 6 heteroatoms. The van der Waals surface area contributed by atoms with Gasteiger partial charge in [0.25, 0.3) is 5.91 Å². The fourth-order valence-electron chi connectivity index (χ4n) is 3.63. The zero-order chi connectivity index (χ0) is 20.4. The van der Waals surface area contributed by atoms with Crippen molar-refractivity contribution in [3.63, 3.8) is 0 Å². The van der Waals surface area contributed by atoms with Gasteiger partial charge in [0.1, 0.15) is 11.6 Å². The molecule has 1 heterocycles. The molecule has 1 amide bonds. The molecule has 1 fully saturated rings. The lowest BCUT2D eigenvalue weighted by atomic mass is 10.1. The number of aliphatic imine (C=N–C) groups is 1. The number of carbonyl (C=O) groups is 1. The Morgan fingerprint density at radius 2 is 2.14 bits per heavy atom. The van der Waals surface area contributed by atoms with Crippen LogP contribution in [0.4, 0.5) is 5.69 Å². The number of rotatable bonds is 5. The second-order valence-corrected chi connectivity index (χ2v) is 8.19. The molecule has 0 aromatic heterocycles. The first-order valence-electron chi connectivity index (χ1n) is 9.70. The van der Waals surface area contributed by atoms with Crippen LogP contribution < -0.4 is 10.1 Å². The van der Waals surface area contributed by atoms with Gasteiger partial charge in [-0.2, -0.15) is 0 Å². The van der Waals surface area contributed by atoms with Crippen molar-refractivity contribution < 1.29 is 9.53 Å². The Bertz CT molecular complexity index is 999. The molecular weight excluding hydrogens is 382 g/mol. The number of ether oxygens (including phenoxy) is 1. The van der Waals surface area contributed by atoms with E-state index in [-0.39, 0.29) is 5.91 Å². The van der Waals surface area contributed by atoms with E-state index in [0.29, 0.717) is 11.3 Å².